The predicted octanol–water partition coefficient (Wildman–Crippen LogP) is 2.26. The summed E-state index contributed by atoms with van der Waals surface area (Å²) in [6.45, 7) is 16.1. The van der Waals surface area contributed by atoms with Gasteiger partial charge in [0, 0.05) is 5.54 Å². The molecule has 0 saturated heterocycles. The highest BCUT2D eigenvalue weighted by molar-refractivity contribution is 6.88. The van der Waals surface area contributed by atoms with E-state index in [1.807, 2.05) is 13.5 Å². The van der Waals surface area contributed by atoms with E-state index in [1.165, 1.54) is 0 Å². The molecule has 3 N–H and O–H groups in total. The molecule has 21 heavy (non-hydrogen) atoms. The van der Waals surface area contributed by atoms with Crippen molar-refractivity contribution >= 4 is 25.2 Å². The van der Waals surface area contributed by atoms with E-state index >= 15 is 0 Å². The van der Waals surface area contributed by atoms with Crippen LogP contribution in [-0.4, -0.2) is 59.3 Å². The zero-order valence-corrected chi connectivity index (χ0v) is 17.8. The molecule has 3 unspecified atom stereocenters. The normalized spacial score (nSPS) is 18.4. The second-order valence-electron chi connectivity index (χ2n) is 7.70. The quantitative estimate of drug-likeness (QED) is 0.554. The average Bonchev–Trinajstić information content (AvgIpc) is 2.22. The molecule has 0 spiro atoms. The van der Waals surface area contributed by atoms with Crippen molar-refractivity contribution in [1.82, 2.24) is 0 Å². The molecule has 5 nitrogen and oxygen atoms in total. The third-order valence-electron chi connectivity index (χ3n) is 3.12. The van der Waals surface area contributed by atoms with Gasteiger partial charge in [-0.1, -0.05) is 6.92 Å². The minimum absolute atomic E-state index is 0.266. The maximum Gasteiger partial charge on any atom is 0.320 e. The summed E-state index contributed by atoms with van der Waals surface area (Å²) >= 11 is 0. The van der Waals surface area contributed by atoms with Gasteiger partial charge in [-0.25, -0.2) is 0 Å². The number of aliphatic hydroxyl groups is 3. The van der Waals surface area contributed by atoms with E-state index in [9.17, 15) is 10.2 Å². The number of hydrogen-bond donors (Lipinski definition) is 3. The van der Waals surface area contributed by atoms with Crippen LogP contribution in [0.3, 0.4) is 0 Å². The molecule has 0 rings (SSSR count). The third kappa shape index (κ3) is 7.51. The van der Waals surface area contributed by atoms with Crippen LogP contribution in [0.2, 0.25) is 51.4 Å². The second kappa shape index (κ2) is 7.82. The van der Waals surface area contributed by atoms with Crippen LogP contribution in [0.1, 0.15) is 13.3 Å². The van der Waals surface area contributed by atoms with Crippen LogP contribution in [0.4, 0.5) is 0 Å². The fourth-order valence-electron chi connectivity index (χ4n) is 2.69. The summed E-state index contributed by atoms with van der Waals surface area (Å²) in [6.07, 6.45) is -1.53. The highest BCUT2D eigenvalue weighted by Gasteiger charge is 2.50. The lowest BCUT2D eigenvalue weighted by molar-refractivity contribution is -0.0225. The molecule has 0 radical (unpaired) electrons. The van der Waals surface area contributed by atoms with Crippen LogP contribution in [0.5, 0.6) is 0 Å². The molecule has 0 fully saturated rings. The third-order valence-corrected chi connectivity index (χ3v) is 13.4. The molecule has 0 bridgehead atoms. The molecule has 0 amide bonds. The van der Waals surface area contributed by atoms with Crippen LogP contribution < -0.4 is 0 Å². The molecule has 0 aromatic rings. The van der Waals surface area contributed by atoms with E-state index in [0.29, 0.717) is 6.42 Å². The molecule has 0 saturated carbocycles. The largest absolute Gasteiger partial charge is 0.436 e. The number of hydrogen-bond acceptors (Lipinski definition) is 5. The summed E-state index contributed by atoms with van der Waals surface area (Å²) in [7, 11) is -6.41. The molecule has 0 heterocycles. The van der Waals surface area contributed by atoms with Crippen molar-refractivity contribution in [3.8, 4) is 0 Å². The fraction of sp³-hybridized carbons (Fsp3) is 1.00. The molecule has 0 aliphatic rings. The molecule has 0 aliphatic carbocycles. The summed E-state index contributed by atoms with van der Waals surface area (Å²) < 4.78 is 12.8. The highest BCUT2D eigenvalue weighted by Crippen LogP contribution is 2.36. The zero-order valence-electron chi connectivity index (χ0n) is 14.8. The molecule has 3 atom stereocenters. The lowest BCUT2D eigenvalue weighted by atomic mass is 10.1. The smallest absolute Gasteiger partial charge is 0.320 e. The number of aliphatic hydroxyl groups excluding tert-OH is 3. The van der Waals surface area contributed by atoms with Crippen molar-refractivity contribution in [2.45, 2.75) is 76.9 Å². The molecule has 8 heteroatoms. The topological polar surface area (TPSA) is 79.2 Å². The van der Waals surface area contributed by atoms with Gasteiger partial charge in [0.05, 0.1) is 12.7 Å². The first kappa shape index (κ1) is 21.5. The Morgan fingerprint density at radius 3 is 1.48 bits per heavy atom. The SMILES string of the molecule is CCC(C(O)C(O)CO)[Si](C)(O[Si](C)(C)C)O[Si](C)(C)C. The van der Waals surface area contributed by atoms with Gasteiger partial charge in [0.2, 0.25) is 0 Å². The monoisotopic (exact) mass is 354 g/mol. The van der Waals surface area contributed by atoms with Crippen molar-refractivity contribution in [2.24, 2.45) is 0 Å². The second-order valence-corrected chi connectivity index (χ2v) is 20.6. The summed E-state index contributed by atoms with van der Waals surface area (Å²) in [4.78, 5) is 0. The van der Waals surface area contributed by atoms with Gasteiger partial charge < -0.3 is 23.5 Å². The average molecular weight is 355 g/mol. The van der Waals surface area contributed by atoms with Crippen molar-refractivity contribution in [3.63, 3.8) is 0 Å². The Kier molecular flexibility index (Phi) is 7.99. The Bertz CT molecular complexity index is 298. The van der Waals surface area contributed by atoms with Gasteiger partial charge in [0.1, 0.15) is 6.10 Å². The summed E-state index contributed by atoms with van der Waals surface area (Å²) in [6, 6.07) is 0. The Hall–Kier alpha value is 0.451. The Morgan fingerprint density at radius 2 is 1.24 bits per heavy atom. The molecule has 0 aromatic carbocycles. The van der Waals surface area contributed by atoms with Crippen molar-refractivity contribution in [3.05, 3.63) is 0 Å². The van der Waals surface area contributed by atoms with Crippen LogP contribution in [0.25, 0.3) is 0 Å². The van der Waals surface area contributed by atoms with Crippen LogP contribution in [0, 0.1) is 0 Å². The van der Waals surface area contributed by atoms with Crippen molar-refractivity contribution in [1.29, 1.82) is 0 Å². The lowest BCUT2D eigenvalue weighted by Crippen LogP contribution is -2.59. The maximum atomic E-state index is 10.4. The summed E-state index contributed by atoms with van der Waals surface area (Å²) in [5, 5.41) is 29.3. The van der Waals surface area contributed by atoms with Gasteiger partial charge in [0.15, 0.2) is 16.6 Å². The predicted molar refractivity (Wildman–Crippen MR) is 93.6 cm³/mol. The van der Waals surface area contributed by atoms with Gasteiger partial charge in [0.25, 0.3) is 0 Å². The van der Waals surface area contributed by atoms with Crippen molar-refractivity contribution < 1.29 is 23.5 Å². The molecule has 0 aromatic heterocycles. The number of rotatable bonds is 9. The molecule has 0 aliphatic heterocycles. The summed E-state index contributed by atoms with van der Waals surface area (Å²) in [5.74, 6) is 0. The molecular weight excluding hydrogens is 320 g/mol. The van der Waals surface area contributed by atoms with Crippen molar-refractivity contribution in [2.75, 3.05) is 6.61 Å². The van der Waals surface area contributed by atoms with E-state index in [-0.39, 0.29) is 5.54 Å². The fourth-order valence-corrected chi connectivity index (χ4v) is 15.8. The van der Waals surface area contributed by atoms with E-state index in [2.05, 4.69) is 39.3 Å². The highest BCUT2D eigenvalue weighted by atomic mass is 28.5. The Morgan fingerprint density at radius 1 is 0.857 bits per heavy atom. The van der Waals surface area contributed by atoms with Gasteiger partial charge >= 0.3 is 8.56 Å². The standard InChI is InChI=1S/C13H34O5Si3/c1-9-12(13(16)11(15)10-14)21(8,17-19(2,3)4)18-20(5,6)7/h11-16H,9-10H2,1-8H3. The first-order valence-electron chi connectivity index (χ1n) is 7.63. The first-order chi connectivity index (χ1) is 9.25. The van der Waals surface area contributed by atoms with Crippen LogP contribution in [0.15, 0.2) is 0 Å². The van der Waals surface area contributed by atoms with Gasteiger partial charge in [-0.3, -0.25) is 0 Å². The minimum Gasteiger partial charge on any atom is -0.436 e. The first-order valence-corrected chi connectivity index (χ1v) is 16.8. The van der Waals surface area contributed by atoms with E-state index in [1.54, 1.807) is 0 Å². The molecule has 128 valence electrons. The van der Waals surface area contributed by atoms with Gasteiger partial charge in [-0.05, 0) is 52.2 Å². The van der Waals surface area contributed by atoms with Crippen LogP contribution >= 0.6 is 0 Å². The van der Waals surface area contributed by atoms with E-state index in [0.717, 1.165) is 0 Å². The minimum atomic E-state index is -2.69. The summed E-state index contributed by atoms with van der Waals surface area (Å²) in [5.41, 5.74) is -0.266. The van der Waals surface area contributed by atoms with Gasteiger partial charge in [-0.2, -0.15) is 0 Å². The lowest BCUT2D eigenvalue weighted by Gasteiger charge is -2.44. The maximum absolute atomic E-state index is 10.4. The molecular formula is C13H34O5Si3. The van der Waals surface area contributed by atoms with Gasteiger partial charge in [-0.15, -0.1) is 0 Å². The van der Waals surface area contributed by atoms with Crippen LogP contribution in [-0.2, 0) is 8.23 Å². The Labute approximate surface area is 132 Å². The Balaban J connectivity index is 5.52. The van der Waals surface area contributed by atoms with E-state index in [4.69, 9.17) is 13.3 Å². The zero-order chi connectivity index (χ0) is 17.1. The van der Waals surface area contributed by atoms with E-state index < -0.39 is 44.0 Å².